The highest BCUT2D eigenvalue weighted by atomic mass is 16.3. The fraction of sp³-hybridized carbons (Fsp3) is 0.0750. The Morgan fingerprint density at radius 2 is 1.09 bits per heavy atom. The summed E-state index contributed by atoms with van der Waals surface area (Å²) in [6.45, 7) is 12.1. The average Bonchev–Trinajstić information content (AvgIpc) is 3.71. The smallest absolute Gasteiger partial charge is 0.188 e. The highest BCUT2D eigenvalue weighted by Gasteiger charge is 2.18. The standard InChI is InChI=1S/C40H27N3O/c1-24(2)25-12-16-36-31(20-25)33-22-27(42-35-10-6-4-8-29(35)32-21-26(41-3)13-17-37(32)42)14-18-38(33)43(36)28-15-19-40-34(23-28)30-9-5-7-11-39(30)44-40/h4-24H,1-2H3. The number of aromatic nitrogens is 2. The Bertz CT molecular complexity index is 2660. The molecule has 0 aliphatic heterocycles. The molecule has 0 saturated carbocycles. The summed E-state index contributed by atoms with van der Waals surface area (Å²) in [5.74, 6) is 0.420. The van der Waals surface area contributed by atoms with E-state index in [4.69, 9.17) is 11.0 Å². The largest absolute Gasteiger partial charge is 0.456 e. The topological polar surface area (TPSA) is 27.4 Å². The molecule has 0 aliphatic rings. The number of benzene rings is 6. The Labute approximate surface area is 253 Å². The van der Waals surface area contributed by atoms with Crippen molar-refractivity contribution in [3.05, 3.63) is 138 Å². The van der Waals surface area contributed by atoms with Gasteiger partial charge >= 0.3 is 0 Å². The van der Waals surface area contributed by atoms with Crippen LogP contribution in [0.3, 0.4) is 0 Å². The minimum Gasteiger partial charge on any atom is -0.456 e. The fourth-order valence-corrected chi connectivity index (χ4v) is 6.97. The zero-order valence-corrected chi connectivity index (χ0v) is 24.4. The molecule has 9 rings (SSSR count). The molecule has 0 atom stereocenters. The molecule has 0 unspecified atom stereocenters. The molecule has 3 aromatic heterocycles. The van der Waals surface area contributed by atoms with Gasteiger partial charge < -0.3 is 13.6 Å². The lowest BCUT2D eigenvalue weighted by Gasteiger charge is -2.11. The maximum absolute atomic E-state index is 7.57. The monoisotopic (exact) mass is 565 g/mol. The van der Waals surface area contributed by atoms with E-state index in [1.54, 1.807) is 0 Å². The molecule has 0 aliphatic carbocycles. The van der Waals surface area contributed by atoms with Crippen LogP contribution >= 0.6 is 0 Å². The molecule has 3 heterocycles. The van der Waals surface area contributed by atoms with Crippen LogP contribution in [0.2, 0.25) is 0 Å². The van der Waals surface area contributed by atoms with E-state index in [1.807, 2.05) is 24.3 Å². The summed E-state index contributed by atoms with van der Waals surface area (Å²) < 4.78 is 10.9. The van der Waals surface area contributed by atoms with Gasteiger partial charge in [-0.15, -0.1) is 0 Å². The number of rotatable bonds is 3. The molecular formula is C40H27N3O. The van der Waals surface area contributed by atoms with Crippen LogP contribution in [0.5, 0.6) is 0 Å². The van der Waals surface area contributed by atoms with Crippen LogP contribution in [0.1, 0.15) is 25.3 Å². The first-order valence-electron chi connectivity index (χ1n) is 15.0. The number of para-hydroxylation sites is 2. The first kappa shape index (κ1) is 24.8. The van der Waals surface area contributed by atoms with E-state index in [-0.39, 0.29) is 0 Å². The molecule has 9 aromatic rings. The molecule has 6 aromatic carbocycles. The van der Waals surface area contributed by atoms with Gasteiger partial charge in [-0.25, -0.2) is 4.85 Å². The summed E-state index contributed by atoms with van der Waals surface area (Å²) in [5.41, 5.74) is 10.6. The summed E-state index contributed by atoms with van der Waals surface area (Å²) in [6, 6.07) is 42.9. The van der Waals surface area contributed by atoms with E-state index < -0.39 is 0 Å². The van der Waals surface area contributed by atoms with Gasteiger partial charge in [-0.1, -0.05) is 62.4 Å². The molecule has 0 amide bonds. The lowest BCUT2D eigenvalue weighted by molar-refractivity contribution is 0.669. The molecule has 0 N–H and O–H groups in total. The Morgan fingerprint density at radius 1 is 0.523 bits per heavy atom. The average molecular weight is 566 g/mol. The van der Waals surface area contributed by atoms with Crippen molar-refractivity contribution in [1.82, 2.24) is 9.13 Å². The molecule has 44 heavy (non-hydrogen) atoms. The van der Waals surface area contributed by atoms with Crippen molar-refractivity contribution in [2.24, 2.45) is 0 Å². The second-order valence-corrected chi connectivity index (χ2v) is 11.9. The molecule has 0 saturated heterocycles. The second kappa shape index (κ2) is 9.10. The van der Waals surface area contributed by atoms with Gasteiger partial charge in [0.2, 0.25) is 0 Å². The maximum Gasteiger partial charge on any atom is 0.188 e. The third-order valence-corrected chi connectivity index (χ3v) is 9.10. The first-order valence-corrected chi connectivity index (χ1v) is 15.0. The number of furan rings is 1. The first-order chi connectivity index (χ1) is 21.6. The normalized spacial score (nSPS) is 12.0. The van der Waals surface area contributed by atoms with Crippen LogP contribution in [0, 0.1) is 6.57 Å². The van der Waals surface area contributed by atoms with Crippen LogP contribution in [0.15, 0.2) is 126 Å². The maximum atomic E-state index is 7.57. The van der Waals surface area contributed by atoms with Crippen molar-refractivity contribution in [3.8, 4) is 11.4 Å². The molecule has 0 fully saturated rings. The number of hydrogen-bond donors (Lipinski definition) is 0. The summed E-state index contributed by atoms with van der Waals surface area (Å²) in [4.78, 5) is 3.70. The zero-order valence-electron chi connectivity index (χ0n) is 24.4. The summed E-state index contributed by atoms with van der Waals surface area (Å²) in [7, 11) is 0. The lowest BCUT2D eigenvalue weighted by atomic mass is 10.0. The van der Waals surface area contributed by atoms with Crippen LogP contribution < -0.4 is 0 Å². The van der Waals surface area contributed by atoms with Gasteiger partial charge in [0.25, 0.3) is 0 Å². The van der Waals surface area contributed by atoms with E-state index in [0.717, 1.165) is 60.6 Å². The number of fused-ring (bicyclic) bond motifs is 9. The van der Waals surface area contributed by atoms with Gasteiger partial charge in [0, 0.05) is 38.3 Å². The van der Waals surface area contributed by atoms with E-state index in [0.29, 0.717) is 11.6 Å². The Balaban J connectivity index is 1.35. The van der Waals surface area contributed by atoms with Gasteiger partial charge in [-0.3, -0.25) is 0 Å². The lowest BCUT2D eigenvalue weighted by Crippen LogP contribution is -1.96. The van der Waals surface area contributed by atoms with Gasteiger partial charge in [-0.05, 0) is 89.7 Å². The fourth-order valence-electron chi connectivity index (χ4n) is 6.97. The van der Waals surface area contributed by atoms with Crippen LogP contribution in [-0.4, -0.2) is 9.13 Å². The highest BCUT2D eigenvalue weighted by molar-refractivity contribution is 6.13. The Kier molecular flexibility index (Phi) is 5.13. The van der Waals surface area contributed by atoms with Crippen molar-refractivity contribution >= 4 is 71.2 Å². The zero-order chi connectivity index (χ0) is 29.5. The third-order valence-electron chi connectivity index (χ3n) is 9.10. The SMILES string of the molecule is [C-]#[N+]c1ccc2c(c1)c1ccccc1n2-c1ccc2c(c1)c1cc(C(C)C)ccc1n2-c1ccc2oc3ccccc3c2c1. The summed E-state index contributed by atoms with van der Waals surface area (Å²) in [5, 5.41) is 6.94. The molecule has 4 heteroatoms. The van der Waals surface area contributed by atoms with Gasteiger partial charge in [0.1, 0.15) is 11.2 Å². The van der Waals surface area contributed by atoms with E-state index in [9.17, 15) is 0 Å². The summed E-state index contributed by atoms with van der Waals surface area (Å²) in [6.07, 6.45) is 0. The molecule has 4 nitrogen and oxygen atoms in total. The van der Waals surface area contributed by atoms with Gasteiger partial charge in [0.15, 0.2) is 5.69 Å². The van der Waals surface area contributed by atoms with Crippen molar-refractivity contribution in [1.29, 1.82) is 0 Å². The molecular weight excluding hydrogens is 538 g/mol. The second-order valence-electron chi connectivity index (χ2n) is 11.9. The molecule has 0 spiro atoms. The van der Waals surface area contributed by atoms with Gasteiger partial charge in [-0.2, -0.15) is 0 Å². The third kappa shape index (κ3) is 3.44. The predicted octanol–water partition coefficient (Wildman–Crippen LogP) is 11.5. The van der Waals surface area contributed by atoms with Crippen LogP contribution in [0.4, 0.5) is 5.69 Å². The highest BCUT2D eigenvalue weighted by Crippen LogP contribution is 2.39. The Morgan fingerprint density at radius 3 is 1.86 bits per heavy atom. The van der Waals surface area contributed by atoms with Crippen molar-refractivity contribution < 1.29 is 4.42 Å². The van der Waals surface area contributed by atoms with Crippen LogP contribution in [-0.2, 0) is 0 Å². The van der Waals surface area contributed by atoms with Crippen molar-refractivity contribution in [3.63, 3.8) is 0 Å². The van der Waals surface area contributed by atoms with Crippen molar-refractivity contribution in [2.45, 2.75) is 19.8 Å². The van der Waals surface area contributed by atoms with Crippen molar-refractivity contribution in [2.75, 3.05) is 0 Å². The minimum absolute atomic E-state index is 0.420. The number of nitrogens with zero attached hydrogens (tertiary/aromatic N) is 3. The molecule has 0 bridgehead atoms. The van der Waals surface area contributed by atoms with E-state index >= 15 is 0 Å². The Hall–Kier alpha value is -5.79. The predicted molar refractivity (Wildman–Crippen MR) is 183 cm³/mol. The van der Waals surface area contributed by atoms with Crippen LogP contribution in [0.25, 0.3) is 81.8 Å². The quantitative estimate of drug-likeness (QED) is 0.196. The molecule has 208 valence electrons. The van der Waals surface area contributed by atoms with E-state index in [2.05, 4.69) is 125 Å². The van der Waals surface area contributed by atoms with E-state index in [1.165, 1.54) is 21.9 Å². The minimum atomic E-state index is 0.420. The van der Waals surface area contributed by atoms with Gasteiger partial charge in [0.05, 0.1) is 28.6 Å². The number of hydrogen-bond acceptors (Lipinski definition) is 1. The molecule has 0 radical (unpaired) electrons. The summed E-state index contributed by atoms with van der Waals surface area (Å²) >= 11 is 0.